The Morgan fingerprint density at radius 2 is 1.52 bits per heavy atom. The van der Waals surface area contributed by atoms with Gasteiger partial charge in [0.2, 0.25) is 0 Å². The molecule has 5 nitrogen and oxygen atoms in total. The molecule has 2 aliphatic heterocycles. The van der Waals surface area contributed by atoms with Gasteiger partial charge in [-0.15, -0.1) is 0 Å². The van der Waals surface area contributed by atoms with Crippen molar-refractivity contribution in [2.75, 3.05) is 14.2 Å². The molecule has 5 rings (SSSR count). The average Bonchev–Trinajstić information content (AvgIpc) is 2.78. The Morgan fingerprint density at radius 3 is 2.07 bits per heavy atom. The largest absolute Gasteiger partial charge is 0.469 e. The van der Waals surface area contributed by atoms with Crippen LogP contribution in [-0.4, -0.2) is 37.9 Å². The van der Waals surface area contributed by atoms with E-state index < -0.39 is 22.8 Å². The monoisotopic (exact) mass is 391 g/mol. The van der Waals surface area contributed by atoms with Gasteiger partial charge in [0.1, 0.15) is 5.41 Å². The molecule has 0 amide bonds. The fourth-order valence-electron chi connectivity index (χ4n) is 5.34. The third kappa shape index (κ3) is 2.79. The number of rotatable bonds is 4. The van der Waals surface area contributed by atoms with E-state index >= 15 is 0 Å². The molecule has 1 aliphatic carbocycles. The van der Waals surface area contributed by atoms with Crippen LogP contribution in [0.25, 0.3) is 0 Å². The predicted molar refractivity (Wildman–Crippen MR) is 110 cm³/mol. The molecule has 0 saturated heterocycles. The van der Waals surface area contributed by atoms with Crippen molar-refractivity contribution in [3.05, 3.63) is 71.8 Å². The standard InChI is InChI=1S/C24H25NO4/c1-23-14-18(16-10-6-4-7-11-16)24(15-25-23,22(27)29-3)19(20(23)21(26)28-2)17-12-8-5-9-13-17/h4-13,15,18-20H,14H2,1-3H3. The molecular weight excluding hydrogens is 366 g/mol. The van der Waals surface area contributed by atoms with Crippen molar-refractivity contribution < 1.29 is 19.1 Å². The van der Waals surface area contributed by atoms with Crippen molar-refractivity contribution in [2.45, 2.75) is 30.7 Å². The Kier molecular flexibility index (Phi) is 4.77. The Morgan fingerprint density at radius 1 is 0.931 bits per heavy atom. The quantitative estimate of drug-likeness (QED) is 0.745. The van der Waals surface area contributed by atoms with Gasteiger partial charge in [0, 0.05) is 18.1 Å². The number of benzene rings is 2. The highest BCUT2D eigenvalue weighted by Crippen LogP contribution is 2.64. The van der Waals surface area contributed by atoms with E-state index in [1.807, 2.05) is 67.6 Å². The molecule has 2 heterocycles. The lowest BCUT2D eigenvalue weighted by Crippen LogP contribution is -2.63. The number of hydrogen-bond acceptors (Lipinski definition) is 5. The lowest BCUT2D eigenvalue weighted by molar-refractivity contribution is -0.163. The summed E-state index contributed by atoms with van der Waals surface area (Å²) >= 11 is 0. The fourth-order valence-corrected chi connectivity index (χ4v) is 5.34. The topological polar surface area (TPSA) is 65.0 Å². The summed E-state index contributed by atoms with van der Waals surface area (Å²) in [4.78, 5) is 31.1. The number of carbonyl (C=O) groups is 2. The summed E-state index contributed by atoms with van der Waals surface area (Å²) in [7, 11) is 2.78. The zero-order valence-corrected chi connectivity index (χ0v) is 16.9. The van der Waals surface area contributed by atoms with Gasteiger partial charge >= 0.3 is 11.9 Å². The zero-order valence-electron chi connectivity index (χ0n) is 16.9. The van der Waals surface area contributed by atoms with E-state index in [-0.39, 0.29) is 17.9 Å². The number of esters is 2. The highest BCUT2D eigenvalue weighted by Gasteiger charge is 2.68. The van der Waals surface area contributed by atoms with Gasteiger partial charge < -0.3 is 9.47 Å². The third-order valence-electron chi connectivity index (χ3n) is 6.64. The molecule has 2 aromatic carbocycles. The van der Waals surface area contributed by atoms with Crippen LogP contribution in [0.3, 0.4) is 0 Å². The first-order valence-corrected chi connectivity index (χ1v) is 9.80. The number of hydrogen-bond donors (Lipinski definition) is 0. The molecule has 1 fully saturated rings. The van der Waals surface area contributed by atoms with Gasteiger partial charge in [0.15, 0.2) is 0 Å². The number of aliphatic imine (C=N–C) groups is 1. The van der Waals surface area contributed by atoms with E-state index in [0.717, 1.165) is 11.1 Å². The molecule has 1 saturated carbocycles. The van der Waals surface area contributed by atoms with Gasteiger partial charge in [-0.3, -0.25) is 14.6 Å². The van der Waals surface area contributed by atoms with E-state index in [4.69, 9.17) is 14.5 Å². The number of carbonyl (C=O) groups excluding carboxylic acids is 2. The van der Waals surface area contributed by atoms with Gasteiger partial charge in [-0.05, 0) is 24.5 Å². The van der Waals surface area contributed by atoms with Crippen LogP contribution in [0.1, 0.15) is 36.3 Å². The molecule has 0 N–H and O–H groups in total. The Hall–Kier alpha value is -2.95. The van der Waals surface area contributed by atoms with Gasteiger partial charge in [0.05, 0.1) is 25.7 Å². The minimum atomic E-state index is -1.09. The summed E-state index contributed by atoms with van der Waals surface area (Å²) in [6.07, 6.45) is 2.31. The number of methoxy groups -OCH3 is 2. The summed E-state index contributed by atoms with van der Waals surface area (Å²) < 4.78 is 10.5. The fraction of sp³-hybridized carbons (Fsp3) is 0.375. The van der Waals surface area contributed by atoms with Crippen molar-refractivity contribution in [3.8, 4) is 0 Å². The first-order chi connectivity index (χ1) is 14.0. The van der Waals surface area contributed by atoms with Crippen LogP contribution in [0.4, 0.5) is 0 Å². The van der Waals surface area contributed by atoms with Crippen molar-refractivity contribution in [1.82, 2.24) is 0 Å². The van der Waals surface area contributed by atoms with Gasteiger partial charge in [0.25, 0.3) is 0 Å². The summed E-state index contributed by atoms with van der Waals surface area (Å²) in [6.45, 7) is 1.98. The highest BCUT2D eigenvalue weighted by molar-refractivity contribution is 6.01. The van der Waals surface area contributed by atoms with Crippen molar-refractivity contribution in [1.29, 1.82) is 0 Å². The average molecular weight is 391 g/mol. The lowest BCUT2D eigenvalue weighted by Gasteiger charge is -2.58. The minimum absolute atomic E-state index is 0.162. The first kappa shape index (κ1) is 19.4. The maximum Gasteiger partial charge on any atom is 0.318 e. The van der Waals surface area contributed by atoms with Crippen LogP contribution in [0, 0.1) is 11.3 Å². The van der Waals surface area contributed by atoms with Crippen molar-refractivity contribution in [3.63, 3.8) is 0 Å². The number of fused-ring (bicyclic) bond motifs is 2. The van der Waals surface area contributed by atoms with Crippen LogP contribution >= 0.6 is 0 Å². The van der Waals surface area contributed by atoms with Crippen molar-refractivity contribution >= 4 is 18.2 Å². The molecule has 5 atom stereocenters. The molecular formula is C24H25NO4. The Labute approximate surface area is 170 Å². The van der Waals surface area contributed by atoms with E-state index in [1.54, 1.807) is 6.21 Å². The number of nitrogens with zero attached hydrogens (tertiary/aromatic N) is 1. The minimum Gasteiger partial charge on any atom is -0.469 e. The number of ether oxygens (including phenoxy) is 2. The van der Waals surface area contributed by atoms with Gasteiger partial charge in [-0.1, -0.05) is 60.7 Å². The maximum atomic E-state index is 13.4. The predicted octanol–water partition coefficient (Wildman–Crippen LogP) is 3.75. The summed E-state index contributed by atoms with van der Waals surface area (Å²) in [5, 5.41) is 0. The van der Waals surface area contributed by atoms with Gasteiger partial charge in [-0.25, -0.2) is 0 Å². The first-order valence-electron chi connectivity index (χ1n) is 9.80. The van der Waals surface area contributed by atoms with Crippen LogP contribution in [-0.2, 0) is 19.1 Å². The van der Waals surface area contributed by atoms with Crippen LogP contribution in [0.2, 0.25) is 0 Å². The lowest BCUT2D eigenvalue weighted by atomic mass is 9.47. The second-order valence-electron chi connectivity index (χ2n) is 8.10. The van der Waals surface area contributed by atoms with E-state index in [2.05, 4.69) is 0 Å². The van der Waals surface area contributed by atoms with E-state index in [0.29, 0.717) is 6.42 Å². The normalized spacial score (nSPS) is 32.6. The molecule has 3 aliphatic rings. The maximum absolute atomic E-state index is 13.4. The smallest absolute Gasteiger partial charge is 0.318 e. The summed E-state index contributed by atoms with van der Waals surface area (Å²) in [5.41, 5.74) is 0.184. The second kappa shape index (κ2) is 7.14. The molecule has 29 heavy (non-hydrogen) atoms. The van der Waals surface area contributed by atoms with Crippen molar-refractivity contribution in [2.24, 2.45) is 16.3 Å². The molecule has 0 radical (unpaired) electrons. The SMILES string of the molecule is COC(=O)C1C(c2ccccc2)C2(C(=O)OC)C=NC1(C)CC2c1ccccc1. The van der Waals surface area contributed by atoms with E-state index in [1.165, 1.54) is 14.2 Å². The summed E-state index contributed by atoms with van der Waals surface area (Å²) in [6, 6.07) is 19.7. The molecule has 2 bridgehead atoms. The molecule has 0 spiro atoms. The Balaban J connectivity index is 2.01. The van der Waals surface area contributed by atoms with Gasteiger partial charge in [-0.2, -0.15) is 0 Å². The van der Waals surface area contributed by atoms with Crippen LogP contribution in [0.5, 0.6) is 0 Å². The van der Waals surface area contributed by atoms with Crippen LogP contribution in [0.15, 0.2) is 65.7 Å². The zero-order chi connectivity index (χ0) is 20.6. The van der Waals surface area contributed by atoms with Crippen LogP contribution < -0.4 is 0 Å². The molecule has 5 heteroatoms. The third-order valence-corrected chi connectivity index (χ3v) is 6.64. The highest BCUT2D eigenvalue weighted by atomic mass is 16.5. The van der Waals surface area contributed by atoms with E-state index in [9.17, 15) is 9.59 Å². The molecule has 5 unspecified atom stereocenters. The molecule has 150 valence electrons. The molecule has 2 aromatic rings. The Bertz CT molecular complexity index is 942. The summed E-state index contributed by atoms with van der Waals surface area (Å²) in [5.74, 6) is -1.91. The second-order valence-corrected chi connectivity index (χ2v) is 8.10. The molecule has 0 aromatic heterocycles.